The average molecular weight is 398 g/mol. The minimum absolute atomic E-state index is 0.00377. The SMILES string of the molecule is CC1(C)OB(C(=Cc2ccc(C(=O)CC(=O)C(F)(F)F)cc2)CO)OC1(C)C. The van der Waals surface area contributed by atoms with E-state index in [1.807, 2.05) is 27.7 Å². The van der Waals surface area contributed by atoms with Gasteiger partial charge in [-0.25, -0.2) is 0 Å². The van der Waals surface area contributed by atoms with Crippen LogP contribution in [0.15, 0.2) is 29.7 Å². The van der Waals surface area contributed by atoms with E-state index in [2.05, 4.69) is 0 Å². The zero-order valence-electron chi connectivity index (χ0n) is 16.1. The molecule has 0 atom stereocenters. The van der Waals surface area contributed by atoms with Gasteiger partial charge < -0.3 is 14.4 Å². The van der Waals surface area contributed by atoms with E-state index in [4.69, 9.17) is 9.31 Å². The minimum atomic E-state index is -5.03. The van der Waals surface area contributed by atoms with Crippen LogP contribution in [0.25, 0.3) is 6.08 Å². The number of Topliss-reactive ketones (excluding diaryl/α,β-unsaturated/α-hetero) is 2. The molecule has 1 aromatic rings. The van der Waals surface area contributed by atoms with Crippen LogP contribution >= 0.6 is 0 Å². The van der Waals surface area contributed by atoms with E-state index in [-0.39, 0.29) is 12.2 Å². The first kappa shape index (κ1) is 22.3. The maximum absolute atomic E-state index is 12.3. The van der Waals surface area contributed by atoms with E-state index in [0.717, 1.165) is 0 Å². The van der Waals surface area contributed by atoms with Crippen LogP contribution in [-0.2, 0) is 14.1 Å². The van der Waals surface area contributed by atoms with Gasteiger partial charge in [-0.3, -0.25) is 9.59 Å². The lowest BCUT2D eigenvalue weighted by Gasteiger charge is -2.32. The number of rotatable bonds is 6. The fraction of sp³-hybridized carbons (Fsp3) is 0.474. The van der Waals surface area contributed by atoms with Gasteiger partial charge in [-0.1, -0.05) is 30.3 Å². The van der Waals surface area contributed by atoms with Gasteiger partial charge in [-0.05, 0) is 38.7 Å². The van der Waals surface area contributed by atoms with E-state index in [1.54, 1.807) is 6.08 Å². The summed E-state index contributed by atoms with van der Waals surface area (Å²) in [7, 11) is -0.749. The van der Waals surface area contributed by atoms with Gasteiger partial charge in [0, 0.05) is 5.56 Å². The number of ketones is 2. The predicted molar refractivity (Wildman–Crippen MR) is 97.6 cm³/mol. The van der Waals surface area contributed by atoms with Crippen molar-refractivity contribution >= 4 is 24.8 Å². The van der Waals surface area contributed by atoms with Crippen LogP contribution in [0.2, 0.25) is 0 Å². The topological polar surface area (TPSA) is 72.8 Å². The molecular formula is C19H22BF3O5. The molecule has 0 radical (unpaired) electrons. The Kier molecular flexibility index (Phi) is 6.23. The van der Waals surface area contributed by atoms with Gasteiger partial charge in [0.15, 0.2) is 5.78 Å². The molecule has 0 spiro atoms. The highest BCUT2D eigenvalue weighted by molar-refractivity contribution is 6.55. The van der Waals surface area contributed by atoms with Crippen LogP contribution in [0.4, 0.5) is 13.2 Å². The number of hydrogen-bond acceptors (Lipinski definition) is 5. The van der Waals surface area contributed by atoms with Crippen LogP contribution in [0.5, 0.6) is 0 Å². The molecule has 152 valence electrons. The van der Waals surface area contributed by atoms with E-state index >= 15 is 0 Å². The second kappa shape index (κ2) is 7.81. The normalized spacial score (nSPS) is 19.0. The van der Waals surface area contributed by atoms with Crippen molar-refractivity contribution in [1.29, 1.82) is 0 Å². The van der Waals surface area contributed by atoms with Crippen molar-refractivity contribution in [3.05, 3.63) is 40.9 Å². The molecule has 1 aliphatic rings. The number of aliphatic hydroxyl groups excluding tert-OH is 1. The number of benzene rings is 1. The first-order valence-electron chi connectivity index (χ1n) is 8.67. The smallest absolute Gasteiger partial charge is 0.400 e. The Morgan fingerprint density at radius 1 is 1.07 bits per heavy atom. The molecule has 1 aliphatic heterocycles. The Morgan fingerprint density at radius 2 is 1.57 bits per heavy atom. The van der Waals surface area contributed by atoms with Crippen LogP contribution in [0.3, 0.4) is 0 Å². The van der Waals surface area contributed by atoms with Crippen LogP contribution < -0.4 is 0 Å². The van der Waals surface area contributed by atoms with Crippen molar-refractivity contribution in [2.24, 2.45) is 0 Å². The molecule has 0 aromatic heterocycles. The molecule has 1 saturated heterocycles. The van der Waals surface area contributed by atoms with Gasteiger partial charge in [0.25, 0.3) is 0 Å². The lowest BCUT2D eigenvalue weighted by molar-refractivity contribution is -0.170. The van der Waals surface area contributed by atoms with Gasteiger partial charge >= 0.3 is 13.3 Å². The van der Waals surface area contributed by atoms with Crippen molar-refractivity contribution in [3.8, 4) is 0 Å². The van der Waals surface area contributed by atoms with E-state index < -0.39 is 42.5 Å². The molecule has 0 unspecified atom stereocenters. The minimum Gasteiger partial charge on any atom is -0.400 e. The van der Waals surface area contributed by atoms with Crippen molar-refractivity contribution in [1.82, 2.24) is 0 Å². The summed E-state index contributed by atoms with van der Waals surface area (Å²) < 4.78 is 48.6. The average Bonchev–Trinajstić information content (AvgIpc) is 2.79. The third-order valence-electron chi connectivity index (χ3n) is 4.96. The number of alkyl halides is 3. The molecule has 1 fully saturated rings. The largest absolute Gasteiger partial charge is 0.492 e. The summed E-state index contributed by atoms with van der Waals surface area (Å²) in [6.45, 7) is 7.20. The standard InChI is InChI=1S/C19H22BF3O5/c1-17(2)18(3,4)28-20(27-17)14(11-24)9-12-5-7-13(8-6-12)15(25)10-16(26)19(21,22)23/h5-9,24H,10-11H2,1-4H3. The first-order valence-corrected chi connectivity index (χ1v) is 8.67. The maximum Gasteiger partial charge on any atom is 0.492 e. The van der Waals surface area contributed by atoms with E-state index in [9.17, 15) is 27.9 Å². The number of halogens is 3. The van der Waals surface area contributed by atoms with Crippen LogP contribution in [-0.4, -0.2) is 47.8 Å². The first-order chi connectivity index (χ1) is 12.8. The van der Waals surface area contributed by atoms with E-state index in [1.165, 1.54) is 24.3 Å². The van der Waals surface area contributed by atoms with Gasteiger partial charge in [0.05, 0.1) is 24.2 Å². The molecule has 1 heterocycles. The van der Waals surface area contributed by atoms with Crippen LogP contribution in [0.1, 0.15) is 50.0 Å². The molecule has 0 saturated carbocycles. The number of carbonyl (C=O) groups is 2. The number of carbonyl (C=O) groups excluding carboxylic acids is 2. The Bertz CT molecular complexity index is 766. The molecular weight excluding hydrogens is 376 g/mol. The quantitative estimate of drug-likeness (QED) is 0.452. The summed E-state index contributed by atoms with van der Waals surface area (Å²) in [5.41, 5.74) is -0.0983. The van der Waals surface area contributed by atoms with Crippen molar-refractivity contribution in [3.63, 3.8) is 0 Å². The summed E-state index contributed by atoms with van der Waals surface area (Å²) in [6.07, 6.45) is -4.64. The fourth-order valence-electron chi connectivity index (χ4n) is 2.51. The Morgan fingerprint density at radius 3 is 2.00 bits per heavy atom. The highest BCUT2D eigenvalue weighted by Gasteiger charge is 2.52. The molecule has 9 heteroatoms. The third-order valence-corrected chi connectivity index (χ3v) is 4.96. The monoisotopic (exact) mass is 398 g/mol. The fourth-order valence-corrected chi connectivity index (χ4v) is 2.51. The summed E-state index contributed by atoms with van der Waals surface area (Å²) in [4.78, 5) is 22.8. The molecule has 28 heavy (non-hydrogen) atoms. The van der Waals surface area contributed by atoms with Crippen molar-refractivity contribution in [2.75, 3.05) is 6.61 Å². The summed E-state index contributed by atoms with van der Waals surface area (Å²) >= 11 is 0. The zero-order valence-corrected chi connectivity index (χ0v) is 16.1. The molecule has 5 nitrogen and oxygen atoms in total. The molecule has 1 N–H and O–H groups in total. The Hall–Kier alpha value is -1.97. The molecule has 2 rings (SSSR count). The molecule has 0 amide bonds. The number of hydrogen-bond donors (Lipinski definition) is 1. The number of aliphatic hydroxyl groups is 1. The lowest BCUT2D eigenvalue weighted by atomic mass is 9.77. The predicted octanol–water partition coefficient (Wildman–Crippen LogP) is 3.40. The molecule has 0 bridgehead atoms. The zero-order chi connectivity index (χ0) is 21.3. The highest BCUT2D eigenvalue weighted by atomic mass is 19.4. The highest BCUT2D eigenvalue weighted by Crippen LogP contribution is 2.38. The second-order valence-corrected chi connectivity index (χ2v) is 7.61. The van der Waals surface area contributed by atoms with Crippen molar-refractivity contribution < 1.29 is 37.2 Å². The Labute approximate surface area is 161 Å². The van der Waals surface area contributed by atoms with Crippen LogP contribution in [0, 0.1) is 0 Å². The molecule has 1 aromatic carbocycles. The summed E-state index contributed by atoms with van der Waals surface area (Å²) in [6, 6.07) is 5.67. The summed E-state index contributed by atoms with van der Waals surface area (Å²) in [5.74, 6) is -2.99. The second-order valence-electron chi connectivity index (χ2n) is 7.61. The third kappa shape index (κ3) is 4.90. The van der Waals surface area contributed by atoms with Gasteiger partial charge in [-0.15, -0.1) is 0 Å². The van der Waals surface area contributed by atoms with Gasteiger partial charge in [-0.2, -0.15) is 13.2 Å². The lowest BCUT2D eigenvalue weighted by Crippen LogP contribution is -2.41. The summed E-state index contributed by atoms with van der Waals surface area (Å²) in [5, 5.41) is 9.68. The maximum atomic E-state index is 12.3. The molecule has 0 aliphatic carbocycles. The van der Waals surface area contributed by atoms with Crippen molar-refractivity contribution in [2.45, 2.75) is 51.5 Å². The van der Waals surface area contributed by atoms with Gasteiger partial charge in [0.2, 0.25) is 5.78 Å². The van der Waals surface area contributed by atoms with E-state index in [0.29, 0.717) is 11.0 Å². The van der Waals surface area contributed by atoms with Gasteiger partial charge in [0.1, 0.15) is 0 Å². The Balaban J connectivity index is 2.14.